The van der Waals surface area contributed by atoms with Crippen LogP contribution in [0.25, 0.3) is 0 Å². The Labute approximate surface area is 748 Å². The fraction of sp³-hybridized carbons (Fsp3) is 0.905. The van der Waals surface area contributed by atoms with E-state index in [-0.39, 0.29) is 0 Å². The molecule has 50 atom stereocenters. The van der Waals surface area contributed by atoms with E-state index in [0.29, 0.717) is 0 Å². The maximum Gasteiger partial charge on any atom is 0.217 e. The van der Waals surface area contributed by atoms with Gasteiger partial charge in [-0.05, 0) is 0 Å². The summed E-state index contributed by atoms with van der Waals surface area (Å²) < 4.78 is 118. The van der Waals surface area contributed by atoms with Crippen molar-refractivity contribution in [2.75, 3.05) is 66.1 Å². The average Bonchev–Trinajstić information content (AvgIpc) is 0.754. The van der Waals surface area contributed by atoms with E-state index < -0.39 is 414 Å². The molecule has 10 aliphatic rings. The number of nitrogens with one attached hydrogen (secondary N) is 7. The lowest BCUT2D eigenvalue weighted by Crippen LogP contribution is -2.72. The zero-order valence-corrected chi connectivity index (χ0v) is 71.7. The normalized spacial score (nSPS) is 46.7. The van der Waals surface area contributed by atoms with Crippen LogP contribution in [0.5, 0.6) is 0 Å². The molecule has 0 bridgehead atoms. The van der Waals surface area contributed by atoms with Crippen molar-refractivity contribution in [3.05, 3.63) is 0 Å². The monoisotopic (exact) mass is 1930 g/mol. The van der Waals surface area contributed by atoms with E-state index in [9.17, 15) is 161 Å². The number of hydrogen-bond acceptors (Lipinski definition) is 51. The van der Waals surface area contributed by atoms with Crippen molar-refractivity contribution in [2.24, 2.45) is 0 Å². The van der Waals surface area contributed by atoms with Crippen LogP contribution in [0, 0.1) is 0 Å². The smallest absolute Gasteiger partial charge is 0.217 e. The third kappa shape index (κ3) is 24.9. The third-order valence-corrected chi connectivity index (χ3v) is 23.7. The van der Waals surface area contributed by atoms with Crippen LogP contribution in [0.1, 0.15) is 48.5 Å². The lowest BCUT2D eigenvalue weighted by molar-refractivity contribution is -0.412. The molecule has 10 rings (SSSR count). The van der Waals surface area contributed by atoms with Crippen molar-refractivity contribution in [1.82, 2.24) is 37.2 Å². The summed E-state index contributed by atoms with van der Waals surface area (Å²) in [5.74, 6) is -6.63. The summed E-state index contributed by atoms with van der Waals surface area (Å²) >= 11 is 0. The minimum atomic E-state index is -2.85. The summed E-state index contributed by atoms with van der Waals surface area (Å²) in [5, 5.41) is 303. The van der Waals surface area contributed by atoms with E-state index in [2.05, 4.69) is 37.2 Å². The summed E-state index contributed by atoms with van der Waals surface area (Å²) in [6.07, 6.45) is -95.3. The first-order chi connectivity index (χ1) is 62.4. The molecule has 0 aliphatic carbocycles. The molecule has 0 radical (unpaired) electrons. The molecule has 132 heavy (non-hydrogen) atoms. The van der Waals surface area contributed by atoms with Gasteiger partial charge in [0.15, 0.2) is 62.9 Å². The average molecular weight is 1930 g/mol. The largest absolute Gasteiger partial charge is 0.394 e. The van der Waals surface area contributed by atoms with Gasteiger partial charge in [-0.1, -0.05) is 0 Å². The summed E-state index contributed by atoms with van der Waals surface area (Å²) in [6, 6.07) is -13.4. The molecule has 0 aromatic rings. The van der Waals surface area contributed by atoms with E-state index >= 15 is 0 Å². The van der Waals surface area contributed by atoms with E-state index in [4.69, 9.17) is 90.0 Å². The van der Waals surface area contributed by atoms with Crippen molar-refractivity contribution in [1.29, 1.82) is 0 Å². The Morgan fingerprint density at radius 2 is 0.424 bits per heavy atom. The number of amides is 7. The van der Waals surface area contributed by atoms with E-state index in [0.717, 1.165) is 48.5 Å². The van der Waals surface area contributed by atoms with Gasteiger partial charge in [0.1, 0.15) is 244 Å². The number of carbonyl (C=O) groups is 7. The molecule has 58 heteroatoms. The van der Waals surface area contributed by atoms with Gasteiger partial charge in [-0.2, -0.15) is 0 Å². The number of carbonyl (C=O) groups excluding carboxylic acids is 7. The van der Waals surface area contributed by atoms with Crippen LogP contribution in [-0.2, 0) is 124 Å². The van der Waals surface area contributed by atoms with Crippen LogP contribution in [0.15, 0.2) is 0 Å². The second-order valence-corrected chi connectivity index (χ2v) is 33.2. The third-order valence-electron chi connectivity index (χ3n) is 23.7. The van der Waals surface area contributed by atoms with Gasteiger partial charge in [-0.15, -0.1) is 0 Å². The minimum absolute atomic E-state index is 0.838. The molecule has 760 valence electrons. The Hall–Kier alpha value is -5.47. The first kappa shape index (κ1) is 109. The standard InChI is InChI=1S/C74H123N7O51/c1-18(90)75-35-53(108)58(30(13-87)116-65(35)113)126-71-41(81-24(7)96)54(109)59(31(14-88)122-71)128-72-57(112)62(130-74-64(132-70-40(80-23(6)95)52(107)46(101)29(12-86)121-70)56(111)60(32(15-89)123-74)127-67-37(77-20(3)92)49(104)43(98)26(9-83)118-67)61(129-68-38(78-21(4)93)50(105)44(99)27(10-84)119-68)34(125-72)17-115-73-63(131-69-39(79-22(5)94)51(106)45(100)28(11-85)120-69)55(110)47(102)33(124-73)16-114-66-36(76-19(2)91)48(103)42(97)25(8-82)117-66/h25-74,82-89,97-113H,8-17H2,1-7H3,(H,75,90)(H,76,91)(H,77,92)(H,78,93)(H,79,94)(H,80,95)(H,81,96)/t25-,26-,27-,28-,29-,30-,31-,32-,33-,34-,35-,36-,37-,38-,39-,40-,41-,42-,43-,44-,45-,46-,47-,48-,49-,50-,51-,52-,53-,54-,55+,56+,57+,58-,59-,60-,61-,62-,63+,64+,65-,66-,67+,68+,69+,70+,71+,72+,73+,74-/m1/s1. The van der Waals surface area contributed by atoms with E-state index in [1.807, 2.05) is 0 Å². The van der Waals surface area contributed by atoms with Crippen LogP contribution < -0.4 is 37.2 Å². The molecule has 7 amide bonds. The lowest BCUT2D eigenvalue weighted by Gasteiger charge is -2.53. The molecule has 0 aromatic carbocycles. The summed E-state index contributed by atoms with van der Waals surface area (Å²) in [4.78, 5) is 90.5. The number of aliphatic hydroxyl groups is 25. The number of aliphatic hydroxyl groups excluding tert-OH is 25. The summed E-state index contributed by atoms with van der Waals surface area (Å²) in [6.45, 7) is -5.33. The van der Waals surface area contributed by atoms with Gasteiger partial charge >= 0.3 is 0 Å². The molecule has 0 unspecified atom stereocenters. The minimum Gasteiger partial charge on any atom is -0.394 e. The van der Waals surface area contributed by atoms with Crippen molar-refractivity contribution >= 4 is 41.4 Å². The maximum atomic E-state index is 13.6. The zero-order valence-electron chi connectivity index (χ0n) is 71.7. The van der Waals surface area contributed by atoms with Crippen molar-refractivity contribution in [3.63, 3.8) is 0 Å². The molecular weight excluding hydrogens is 1800 g/mol. The van der Waals surface area contributed by atoms with Gasteiger partial charge < -0.3 is 255 Å². The highest BCUT2D eigenvalue weighted by Crippen LogP contribution is 2.42. The molecular formula is C74H123N7O51. The summed E-state index contributed by atoms with van der Waals surface area (Å²) in [7, 11) is 0. The Kier molecular flexibility index (Phi) is 39.4. The molecule has 0 saturated carbocycles. The van der Waals surface area contributed by atoms with E-state index in [1.54, 1.807) is 0 Å². The predicted octanol–water partition coefficient (Wildman–Crippen LogP) is -21.8. The maximum absolute atomic E-state index is 13.6. The molecule has 10 heterocycles. The SMILES string of the molecule is CC(=O)N[C@@H]1[C@@H](O)[C@H](O[C@@H]2O[C@H](CO)[C@@H](O[C@@H]3O[C@H](CO[C@H]4O[C@H](CO[C@@H]5O[C@H](CO)[C@@H](O)[C@H](O)[C@H]5NC(C)=O)[C@@H](O)[C@H](O)[C@@H]4O[C@@H]4O[C@H](CO)[C@@H](O)[C@H](O)[C@H]4NC(C)=O)[C@@H](O[C@@H]4O[C@H](CO)[C@@H](O)[C@H](O)[C@H]4NC(C)=O)[C@H](O[C@H]4O[C@H](CO)[C@@H](O[C@@H]5O[C@H](CO)[C@@H](O)[C@H](O)[C@H]5NC(C)=O)[C@H](O)[C@@H]4O[C@@H]4O[C@H](CO)[C@@H](O)[C@H](O)[C@H]4NC(C)=O)[C@@H]3O)[C@H](O)[C@H]2NC(C)=O)[C@@H](CO)O[C@H]1O. The molecule has 0 spiro atoms. The predicted molar refractivity (Wildman–Crippen MR) is 411 cm³/mol. The molecule has 10 saturated heterocycles. The number of rotatable bonds is 35. The van der Waals surface area contributed by atoms with Gasteiger partial charge in [-0.25, -0.2) is 0 Å². The summed E-state index contributed by atoms with van der Waals surface area (Å²) in [5.41, 5.74) is 0. The van der Waals surface area contributed by atoms with Crippen LogP contribution >= 0.6 is 0 Å². The van der Waals surface area contributed by atoms with Crippen LogP contribution in [0.2, 0.25) is 0 Å². The van der Waals surface area contributed by atoms with Crippen molar-refractivity contribution in [3.8, 4) is 0 Å². The first-order valence-corrected chi connectivity index (χ1v) is 42.1. The van der Waals surface area contributed by atoms with Gasteiger partial charge in [-0.3, -0.25) is 33.6 Å². The molecule has 32 N–H and O–H groups in total. The Balaban J connectivity index is 1.16. The van der Waals surface area contributed by atoms with Crippen LogP contribution in [0.3, 0.4) is 0 Å². The Bertz CT molecular complexity index is 3700. The van der Waals surface area contributed by atoms with Gasteiger partial charge in [0.25, 0.3) is 0 Å². The topological polar surface area (TPSA) is 885 Å². The quantitative estimate of drug-likeness (QED) is 0.0280. The van der Waals surface area contributed by atoms with Crippen LogP contribution in [0.4, 0.5) is 0 Å². The highest BCUT2D eigenvalue weighted by atomic mass is 16.8. The molecule has 10 fully saturated rings. The lowest BCUT2D eigenvalue weighted by atomic mass is 9.93. The second-order valence-electron chi connectivity index (χ2n) is 33.2. The number of hydrogen-bond donors (Lipinski definition) is 32. The molecule has 58 nitrogen and oxygen atoms in total. The highest BCUT2D eigenvalue weighted by molar-refractivity contribution is 5.75. The van der Waals surface area contributed by atoms with Gasteiger partial charge in [0, 0.05) is 48.5 Å². The van der Waals surface area contributed by atoms with Gasteiger partial charge in [0.2, 0.25) is 41.4 Å². The zero-order chi connectivity index (χ0) is 97.4. The van der Waals surface area contributed by atoms with E-state index in [1.165, 1.54) is 0 Å². The highest BCUT2D eigenvalue weighted by Gasteiger charge is 2.63. The van der Waals surface area contributed by atoms with Crippen LogP contribution in [-0.4, -0.2) is 542 Å². The Morgan fingerprint density at radius 3 is 0.780 bits per heavy atom. The first-order valence-electron chi connectivity index (χ1n) is 42.1. The fourth-order valence-electron chi connectivity index (χ4n) is 17.0. The molecule has 10 aliphatic heterocycles. The number of ether oxygens (including phenoxy) is 19. The fourth-order valence-corrected chi connectivity index (χ4v) is 17.0. The van der Waals surface area contributed by atoms with Gasteiger partial charge in [0.05, 0.1) is 66.1 Å². The second kappa shape index (κ2) is 47.9. The van der Waals surface area contributed by atoms with Crippen molar-refractivity contribution in [2.45, 2.75) is 355 Å². The molecule has 0 aromatic heterocycles. The van der Waals surface area contributed by atoms with Crippen molar-refractivity contribution < 1.29 is 251 Å². The Morgan fingerprint density at radius 1 is 0.197 bits per heavy atom.